The van der Waals surface area contributed by atoms with E-state index in [2.05, 4.69) is 30.4 Å². The standard InChI is InChI=1S/C23H29N4O8.3CH3.Sn/c1-22(2,3)33-20(31)25-19(26-21(32)34-23(4,5)6)24-13-14-7-9-15(10-8-14)18(30)35-27-16(28)11-12-17(27)29;;;;/h7,9-10H,11-13H2,1-6H3,(H2,24,25,26,31,32);3*1H3;. The summed E-state index contributed by atoms with van der Waals surface area (Å²) in [6.45, 7) is 10.3. The zero-order valence-corrected chi connectivity index (χ0v) is 26.9. The Bertz CT molecular complexity index is 1130. The first kappa shape index (κ1) is 32.1. The Morgan fingerprint density at radius 1 is 0.897 bits per heavy atom. The average Bonchev–Trinajstić information content (AvgIpc) is 3.06. The predicted octanol–water partition coefficient (Wildman–Crippen LogP) is 3.36. The van der Waals surface area contributed by atoms with Crippen molar-refractivity contribution in [3.05, 3.63) is 29.3 Å². The van der Waals surface area contributed by atoms with Crippen LogP contribution in [0.1, 0.15) is 70.3 Å². The topological polar surface area (TPSA) is 153 Å². The van der Waals surface area contributed by atoms with Crippen LogP contribution in [0.15, 0.2) is 23.2 Å². The van der Waals surface area contributed by atoms with Gasteiger partial charge in [0, 0.05) is 0 Å². The number of carbonyl (C=O) groups is 5. The van der Waals surface area contributed by atoms with Crippen molar-refractivity contribution in [1.82, 2.24) is 15.7 Å². The van der Waals surface area contributed by atoms with Crippen molar-refractivity contribution in [2.45, 2.75) is 86.9 Å². The van der Waals surface area contributed by atoms with E-state index in [4.69, 9.17) is 14.3 Å². The van der Waals surface area contributed by atoms with Gasteiger partial charge in [-0.05, 0) is 0 Å². The molecule has 1 saturated heterocycles. The fraction of sp³-hybridized carbons (Fsp3) is 0.538. The number of rotatable bonds is 5. The predicted molar refractivity (Wildman–Crippen MR) is 146 cm³/mol. The normalized spacial score (nSPS) is 14.0. The molecule has 4 amide bonds. The first-order chi connectivity index (χ1) is 17.7. The van der Waals surface area contributed by atoms with Gasteiger partial charge in [0.25, 0.3) is 0 Å². The van der Waals surface area contributed by atoms with Crippen LogP contribution in [-0.4, -0.2) is 70.6 Å². The molecule has 1 aromatic rings. The molecule has 2 rings (SSSR count). The Balaban J connectivity index is 2.34. The number of imide groups is 1. The summed E-state index contributed by atoms with van der Waals surface area (Å²) >= 11 is -2.90. The molecule has 1 aliphatic rings. The summed E-state index contributed by atoms with van der Waals surface area (Å²) in [5.74, 6) is -2.10. The number of nitrogens with one attached hydrogen (secondary N) is 2. The maximum atomic E-state index is 12.7. The summed E-state index contributed by atoms with van der Waals surface area (Å²) in [4.78, 5) is 77.0. The fourth-order valence-electron chi connectivity index (χ4n) is 3.41. The van der Waals surface area contributed by atoms with Crippen molar-refractivity contribution in [2.75, 3.05) is 0 Å². The summed E-state index contributed by atoms with van der Waals surface area (Å²) in [6.07, 6.45) is -1.61. The second kappa shape index (κ2) is 12.3. The van der Waals surface area contributed by atoms with Gasteiger partial charge in [-0.3, -0.25) is 0 Å². The van der Waals surface area contributed by atoms with Gasteiger partial charge in [0.05, 0.1) is 0 Å². The van der Waals surface area contributed by atoms with Crippen molar-refractivity contribution in [2.24, 2.45) is 4.99 Å². The summed E-state index contributed by atoms with van der Waals surface area (Å²) in [5.41, 5.74) is -0.582. The molecule has 0 spiro atoms. The summed E-state index contributed by atoms with van der Waals surface area (Å²) in [5, 5.41) is 5.41. The molecule has 0 atom stereocenters. The molecule has 1 aliphatic heterocycles. The van der Waals surface area contributed by atoms with Crippen LogP contribution in [0.5, 0.6) is 0 Å². The van der Waals surface area contributed by atoms with Crippen LogP contribution in [-0.2, 0) is 30.4 Å². The molecule has 13 heteroatoms. The molecule has 0 unspecified atom stereocenters. The third-order valence-corrected chi connectivity index (χ3v) is 10.9. The molecule has 39 heavy (non-hydrogen) atoms. The average molecular weight is 653 g/mol. The number of guanidine groups is 1. The van der Waals surface area contributed by atoms with Crippen molar-refractivity contribution in [3.8, 4) is 0 Å². The van der Waals surface area contributed by atoms with Crippen LogP contribution in [0.4, 0.5) is 9.59 Å². The van der Waals surface area contributed by atoms with Crippen LogP contribution in [0.25, 0.3) is 0 Å². The van der Waals surface area contributed by atoms with Gasteiger partial charge in [-0.2, -0.15) is 0 Å². The number of nitrogens with zero attached hydrogens (tertiary/aromatic N) is 2. The van der Waals surface area contributed by atoms with Crippen molar-refractivity contribution >= 4 is 57.9 Å². The van der Waals surface area contributed by atoms with Crippen LogP contribution in [0, 0.1) is 0 Å². The van der Waals surface area contributed by atoms with E-state index in [9.17, 15) is 24.0 Å². The number of benzene rings is 1. The Morgan fingerprint density at radius 3 is 1.82 bits per heavy atom. The summed E-state index contributed by atoms with van der Waals surface area (Å²) in [6, 6.07) is 4.90. The van der Waals surface area contributed by atoms with Gasteiger partial charge >= 0.3 is 233 Å². The van der Waals surface area contributed by atoms with Crippen molar-refractivity contribution < 1.29 is 38.3 Å². The SMILES string of the molecule is CC(C)(C)OC(=O)NC(=NCc1ccc(C(=O)ON2C(=O)CCC2=O)c[c]1[Sn]([CH3])([CH3])[CH3])NC(=O)OC(C)(C)C. The zero-order chi connectivity index (χ0) is 29.8. The van der Waals surface area contributed by atoms with Crippen molar-refractivity contribution in [3.63, 3.8) is 0 Å². The maximum absolute atomic E-state index is 12.7. The minimum atomic E-state index is -2.90. The number of alkyl carbamates (subject to hydrolysis) is 2. The van der Waals surface area contributed by atoms with E-state index >= 15 is 0 Å². The minimum absolute atomic E-state index is 0.00372. The van der Waals surface area contributed by atoms with E-state index < -0.39 is 59.5 Å². The molecule has 1 fully saturated rings. The molecular formula is C26H38N4O8Sn. The van der Waals surface area contributed by atoms with Gasteiger partial charge in [0.15, 0.2) is 0 Å². The van der Waals surface area contributed by atoms with Crippen LogP contribution >= 0.6 is 0 Å². The molecule has 12 nitrogen and oxygen atoms in total. The molecule has 0 saturated carbocycles. The van der Waals surface area contributed by atoms with Crippen LogP contribution < -0.4 is 14.2 Å². The summed E-state index contributed by atoms with van der Waals surface area (Å²) < 4.78 is 11.5. The molecule has 0 aliphatic carbocycles. The number of carbonyl (C=O) groups excluding carboxylic acids is 5. The van der Waals surface area contributed by atoms with Crippen molar-refractivity contribution in [1.29, 1.82) is 0 Å². The van der Waals surface area contributed by atoms with Gasteiger partial charge < -0.3 is 0 Å². The Morgan fingerprint density at radius 2 is 1.38 bits per heavy atom. The second-order valence-corrected chi connectivity index (χ2v) is 26.4. The number of aliphatic imine (C=N–C) groups is 1. The molecule has 0 bridgehead atoms. The Kier molecular flexibility index (Phi) is 10.1. The van der Waals surface area contributed by atoms with E-state index in [1.807, 2.05) is 0 Å². The first-order valence-corrected chi connectivity index (χ1v) is 22.5. The molecule has 1 heterocycles. The molecular weight excluding hydrogens is 615 g/mol. The number of hydrogen-bond donors (Lipinski definition) is 2. The molecule has 214 valence electrons. The Labute approximate surface area is 232 Å². The Hall–Kier alpha value is -3.16. The van der Waals surface area contributed by atoms with Gasteiger partial charge in [0.1, 0.15) is 0 Å². The van der Waals surface area contributed by atoms with E-state index in [-0.39, 0.29) is 30.9 Å². The van der Waals surface area contributed by atoms with Gasteiger partial charge in [0.2, 0.25) is 0 Å². The summed E-state index contributed by atoms with van der Waals surface area (Å²) in [7, 11) is 0. The van der Waals surface area contributed by atoms with Gasteiger partial charge in [-0.25, -0.2) is 0 Å². The van der Waals surface area contributed by atoms with E-state index in [1.54, 1.807) is 53.7 Å². The quantitative estimate of drug-likeness (QED) is 0.213. The monoisotopic (exact) mass is 654 g/mol. The van der Waals surface area contributed by atoms with Crippen LogP contribution in [0.3, 0.4) is 0 Å². The number of hydrogen-bond acceptors (Lipinski definition) is 9. The van der Waals surface area contributed by atoms with E-state index in [0.29, 0.717) is 5.06 Å². The van der Waals surface area contributed by atoms with Crippen LogP contribution in [0.2, 0.25) is 14.8 Å². The third-order valence-electron chi connectivity index (χ3n) is 4.98. The second-order valence-electron chi connectivity index (χ2n) is 12.0. The zero-order valence-electron chi connectivity index (χ0n) is 24.0. The number of amides is 4. The fourth-order valence-corrected chi connectivity index (χ4v) is 8.30. The number of ether oxygens (including phenoxy) is 2. The third kappa shape index (κ3) is 10.5. The molecule has 0 radical (unpaired) electrons. The van der Waals surface area contributed by atoms with E-state index in [0.717, 1.165) is 9.14 Å². The first-order valence-electron chi connectivity index (χ1n) is 12.5. The molecule has 1 aromatic carbocycles. The molecule has 0 aromatic heterocycles. The number of hydroxylamine groups is 2. The van der Waals surface area contributed by atoms with Gasteiger partial charge in [-0.1, -0.05) is 0 Å². The van der Waals surface area contributed by atoms with Gasteiger partial charge in [-0.15, -0.1) is 0 Å². The van der Waals surface area contributed by atoms with E-state index in [1.165, 1.54) is 6.07 Å². The molecule has 2 N–H and O–H groups in total.